The van der Waals surface area contributed by atoms with Gasteiger partial charge < -0.3 is 4.90 Å². The third-order valence-electron chi connectivity index (χ3n) is 4.29. The largest absolute Gasteiger partial charge is 0.318 e. The molecule has 1 N–H and O–H groups in total. The molecule has 2 aliphatic rings. The summed E-state index contributed by atoms with van der Waals surface area (Å²) in [5.74, 6) is -1.20. The highest BCUT2D eigenvalue weighted by molar-refractivity contribution is 5.84. The van der Waals surface area contributed by atoms with E-state index >= 15 is 0 Å². The van der Waals surface area contributed by atoms with Crippen molar-refractivity contribution in [2.75, 3.05) is 0 Å². The summed E-state index contributed by atoms with van der Waals surface area (Å²) in [6.45, 7) is 1.78. The van der Waals surface area contributed by atoms with Crippen LogP contribution in [0.1, 0.15) is 44.3 Å². The SMILES string of the molecule is CC1NC(c2ccc(F)cc2F)N(C2CCCC2)C1=O. The summed E-state index contributed by atoms with van der Waals surface area (Å²) in [7, 11) is 0. The fourth-order valence-corrected chi connectivity index (χ4v) is 3.28. The van der Waals surface area contributed by atoms with Gasteiger partial charge in [0.05, 0.1) is 6.04 Å². The molecular weight excluding hydrogens is 262 g/mol. The zero-order valence-electron chi connectivity index (χ0n) is 11.4. The Labute approximate surface area is 117 Å². The Hall–Kier alpha value is -1.49. The molecule has 2 fully saturated rings. The van der Waals surface area contributed by atoms with Gasteiger partial charge in [-0.25, -0.2) is 8.78 Å². The minimum atomic E-state index is -0.604. The molecule has 1 aromatic rings. The lowest BCUT2D eigenvalue weighted by Gasteiger charge is -2.30. The molecule has 3 rings (SSSR count). The maximum atomic E-state index is 14.0. The first-order chi connectivity index (χ1) is 9.58. The van der Waals surface area contributed by atoms with E-state index in [1.54, 1.807) is 11.8 Å². The van der Waals surface area contributed by atoms with Crippen molar-refractivity contribution >= 4 is 5.91 Å². The summed E-state index contributed by atoms with van der Waals surface area (Å²) in [5, 5.41) is 3.12. The van der Waals surface area contributed by atoms with Gasteiger partial charge in [0.2, 0.25) is 5.91 Å². The topological polar surface area (TPSA) is 32.3 Å². The van der Waals surface area contributed by atoms with Gasteiger partial charge in [0.25, 0.3) is 0 Å². The number of carbonyl (C=O) groups excluding carboxylic acids is 1. The van der Waals surface area contributed by atoms with Crippen LogP contribution in [0.25, 0.3) is 0 Å². The molecule has 0 aromatic heterocycles. The van der Waals surface area contributed by atoms with Gasteiger partial charge in [-0.15, -0.1) is 0 Å². The first-order valence-corrected chi connectivity index (χ1v) is 7.11. The second kappa shape index (κ2) is 5.13. The van der Waals surface area contributed by atoms with Gasteiger partial charge in [0.1, 0.15) is 17.8 Å². The number of nitrogens with zero attached hydrogens (tertiary/aromatic N) is 1. The molecule has 3 nitrogen and oxygen atoms in total. The van der Waals surface area contributed by atoms with Gasteiger partial charge in [0.15, 0.2) is 0 Å². The Kier molecular flexibility index (Phi) is 3.46. The molecule has 20 heavy (non-hydrogen) atoms. The van der Waals surface area contributed by atoms with Crippen LogP contribution in [0.15, 0.2) is 18.2 Å². The highest BCUT2D eigenvalue weighted by Crippen LogP contribution is 2.35. The van der Waals surface area contributed by atoms with Crippen molar-refractivity contribution in [3.8, 4) is 0 Å². The van der Waals surface area contributed by atoms with Crippen LogP contribution in [0.3, 0.4) is 0 Å². The molecule has 2 unspecified atom stereocenters. The number of amides is 1. The smallest absolute Gasteiger partial charge is 0.241 e. The molecule has 1 aliphatic heterocycles. The lowest BCUT2D eigenvalue weighted by molar-refractivity contribution is -0.132. The molecule has 0 spiro atoms. The summed E-state index contributed by atoms with van der Waals surface area (Å²) in [5.41, 5.74) is 0.344. The normalized spacial score (nSPS) is 27.6. The summed E-state index contributed by atoms with van der Waals surface area (Å²) in [6.07, 6.45) is 3.63. The van der Waals surface area contributed by atoms with Crippen LogP contribution >= 0.6 is 0 Å². The van der Waals surface area contributed by atoms with Crippen LogP contribution in [0.4, 0.5) is 8.78 Å². The molecule has 5 heteroatoms. The first-order valence-electron chi connectivity index (χ1n) is 7.11. The Morgan fingerprint density at radius 2 is 1.95 bits per heavy atom. The number of hydrogen-bond acceptors (Lipinski definition) is 2. The molecule has 0 radical (unpaired) electrons. The van der Waals surface area contributed by atoms with Crippen LogP contribution in [0.2, 0.25) is 0 Å². The first kappa shape index (κ1) is 13.5. The van der Waals surface area contributed by atoms with E-state index in [0.29, 0.717) is 5.56 Å². The Morgan fingerprint density at radius 1 is 1.25 bits per heavy atom. The van der Waals surface area contributed by atoms with Crippen LogP contribution in [-0.2, 0) is 4.79 Å². The third kappa shape index (κ3) is 2.20. The molecule has 1 saturated heterocycles. The van der Waals surface area contributed by atoms with Crippen molar-refractivity contribution in [1.82, 2.24) is 10.2 Å². The predicted molar refractivity (Wildman–Crippen MR) is 70.8 cm³/mol. The van der Waals surface area contributed by atoms with E-state index in [0.717, 1.165) is 31.7 Å². The van der Waals surface area contributed by atoms with Crippen molar-refractivity contribution in [2.45, 2.75) is 50.9 Å². The van der Waals surface area contributed by atoms with Crippen molar-refractivity contribution in [3.05, 3.63) is 35.4 Å². The number of carbonyl (C=O) groups is 1. The molecular formula is C15H18F2N2O. The number of hydrogen-bond donors (Lipinski definition) is 1. The highest BCUT2D eigenvalue weighted by Gasteiger charge is 2.42. The maximum absolute atomic E-state index is 14.0. The monoisotopic (exact) mass is 280 g/mol. The molecule has 1 amide bonds. The van der Waals surface area contributed by atoms with E-state index in [1.165, 1.54) is 12.1 Å². The van der Waals surface area contributed by atoms with Gasteiger partial charge in [-0.05, 0) is 31.9 Å². The van der Waals surface area contributed by atoms with Gasteiger partial charge in [0, 0.05) is 17.7 Å². The van der Waals surface area contributed by atoms with Crippen LogP contribution in [-0.4, -0.2) is 22.9 Å². The number of nitrogens with one attached hydrogen (secondary N) is 1. The third-order valence-corrected chi connectivity index (χ3v) is 4.29. The quantitative estimate of drug-likeness (QED) is 0.903. The van der Waals surface area contributed by atoms with E-state index in [-0.39, 0.29) is 18.0 Å². The van der Waals surface area contributed by atoms with Crippen LogP contribution in [0.5, 0.6) is 0 Å². The molecule has 1 aliphatic carbocycles. The van der Waals surface area contributed by atoms with E-state index in [2.05, 4.69) is 5.32 Å². The Morgan fingerprint density at radius 3 is 2.60 bits per heavy atom. The molecule has 1 saturated carbocycles. The van der Waals surface area contributed by atoms with Crippen molar-refractivity contribution < 1.29 is 13.6 Å². The minimum Gasteiger partial charge on any atom is -0.318 e. The molecule has 108 valence electrons. The lowest BCUT2D eigenvalue weighted by atomic mass is 10.1. The Bertz CT molecular complexity index is 529. The fourth-order valence-electron chi connectivity index (χ4n) is 3.28. The minimum absolute atomic E-state index is 0.00521. The van der Waals surface area contributed by atoms with E-state index in [9.17, 15) is 13.6 Å². The average molecular weight is 280 g/mol. The van der Waals surface area contributed by atoms with Gasteiger partial charge >= 0.3 is 0 Å². The average Bonchev–Trinajstić information content (AvgIpc) is 2.99. The maximum Gasteiger partial charge on any atom is 0.241 e. The van der Waals surface area contributed by atoms with Gasteiger partial charge in [-0.3, -0.25) is 10.1 Å². The second-order valence-electron chi connectivity index (χ2n) is 5.64. The van der Waals surface area contributed by atoms with Crippen molar-refractivity contribution in [1.29, 1.82) is 0 Å². The van der Waals surface area contributed by atoms with Gasteiger partial charge in [-0.1, -0.05) is 12.8 Å². The molecule has 2 atom stereocenters. The number of halogens is 2. The summed E-state index contributed by atoms with van der Waals surface area (Å²) < 4.78 is 27.0. The van der Waals surface area contributed by atoms with E-state index in [1.807, 2.05) is 0 Å². The molecule has 1 heterocycles. The van der Waals surface area contributed by atoms with Crippen LogP contribution in [0, 0.1) is 11.6 Å². The van der Waals surface area contributed by atoms with Crippen LogP contribution < -0.4 is 5.32 Å². The standard InChI is InChI=1S/C15H18F2N2O/c1-9-15(20)19(11-4-2-3-5-11)14(18-9)12-7-6-10(16)8-13(12)17/h6-9,11,14,18H,2-5H2,1H3. The summed E-state index contributed by atoms with van der Waals surface area (Å²) >= 11 is 0. The number of benzene rings is 1. The molecule has 0 bridgehead atoms. The van der Waals surface area contributed by atoms with E-state index in [4.69, 9.17) is 0 Å². The van der Waals surface area contributed by atoms with Crippen molar-refractivity contribution in [3.63, 3.8) is 0 Å². The van der Waals surface area contributed by atoms with Gasteiger partial charge in [-0.2, -0.15) is 0 Å². The zero-order valence-corrected chi connectivity index (χ0v) is 11.4. The zero-order chi connectivity index (χ0) is 14.3. The number of rotatable bonds is 2. The lowest BCUT2D eigenvalue weighted by Crippen LogP contribution is -2.38. The summed E-state index contributed by atoms with van der Waals surface area (Å²) in [6, 6.07) is 3.37. The predicted octanol–water partition coefficient (Wildman–Crippen LogP) is 2.73. The molecule has 1 aromatic carbocycles. The summed E-state index contributed by atoms with van der Waals surface area (Å²) in [4.78, 5) is 14.1. The van der Waals surface area contributed by atoms with Crippen molar-refractivity contribution in [2.24, 2.45) is 0 Å². The fraction of sp³-hybridized carbons (Fsp3) is 0.533. The second-order valence-corrected chi connectivity index (χ2v) is 5.64. The Balaban J connectivity index is 1.95. The highest BCUT2D eigenvalue weighted by atomic mass is 19.1. The van der Waals surface area contributed by atoms with E-state index < -0.39 is 17.8 Å².